The molecule has 1 saturated carbocycles. The van der Waals surface area contributed by atoms with Crippen LogP contribution in [0.25, 0.3) is 11.5 Å². The predicted molar refractivity (Wildman–Crippen MR) is 103 cm³/mol. The van der Waals surface area contributed by atoms with E-state index in [2.05, 4.69) is 24.1 Å². The van der Waals surface area contributed by atoms with Crippen LogP contribution in [-0.4, -0.2) is 18.2 Å². The molecule has 2 aromatic rings. The summed E-state index contributed by atoms with van der Waals surface area (Å²) in [6.45, 7) is 4.55. The number of benzene rings is 1. The Balaban J connectivity index is 1.61. The molecule has 0 radical (unpaired) electrons. The molecule has 1 aromatic heterocycles. The van der Waals surface area contributed by atoms with Gasteiger partial charge in [0.25, 0.3) is 0 Å². The second kappa shape index (κ2) is 9.04. The highest BCUT2D eigenvalue weighted by Gasteiger charge is 2.22. The number of hydrogen-bond acceptors (Lipinski definition) is 4. The van der Waals surface area contributed by atoms with E-state index in [4.69, 9.17) is 13.9 Å². The van der Waals surface area contributed by atoms with E-state index in [-0.39, 0.29) is 0 Å². The molecule has 4 nitrogen and oxygen atoms in total. The largest absolute Gasteiger partial charge is 0.497 e. The highest BCUT2D eigenvalue weighted by molar-refractivity contribution is 5.56. The van der Waals surface area contributed by atoms with E-state index in [0.717, 1.165) is 41.5 Å². The molecule has 0 N–H and O–H groups in total. The van der Waals surface area contributed by atoms with E-state index < -0.39 is 0 Å². The van der Waals surface area contributed by atoms with Crippen LogP contribution in [0.2, 0.25) is 0 Å². The minimum atomic E-state index is 0.329. The van der Waals surface area contributed by atoms with Crippen LogP contribution < -0.4 is 4.74 Å². The molecule has 1 aliphatic carbocycles. The molecule has 0 bridgehead atoms. The Morgan fingerprint density at radius 1 is 1.31 bits per heavy atom. The van der Waals surface area contributed by atoms with Gasteiger partial charge in [0.2, 0.25) is 5.89 Å². The summed E-state index contributed by atoms with van der Waals surface area (Å²) >= 11 is 0. The van der Waals surface area contributed by atoms with Crippen LogP contribution in [0.1, 0.15) is 50.5 Å². The van der Waals surface area contributed by atoms with Crippen molar-refractivity contribution in [3.63, 3.8) is 0 Å². The highest BCUT2D eigenvalue weighted by Crippen LogP contribution is 2.30. The molecule has 2 atom stereocenters. The molecular weight excluding hydrogens is 326 g/mol. The third kappa shape index (κ3) is 4.76. The van der Waals surface area contributed by atoms with Crippen molar-refractivity contribution >= 4 is 0 Å². The maximum atomic E-state index is 6.18. The Hall–Kier alpha value is -2.07. The highest BCUT2D eigenvalue weighted by atomic mass is 16.5. The third-order valence-electron chi connectivity index (χ3n) is 5.10. The number of aromatic nitrogens is 1. The van der Waals surface area contributed by atoms with Crippen molar-refractivity contribution in [3.05, 3.63) is 47.9 Å². The lowest BCUT2D eigenvalue weighted by atomic mass is 9.85. The predicted octanol–water partition coefficient (Wildman–Crippen LogP) is 5.70. The Morgan fingerprint density at radius 3 is 3.00 bits per heavy atom. The van der Waals surface area contributed by atoms with Crippen LogP contribution in [0.15, 0.2) is 40.8 Å². The van der Waals surface area contributed by atoms with Gasteiger partial charge in [-0.3, -0.25) is 0 Å². The Kier molecular flexibility index (Phi) is 6.51. The minimum Gasteiger partial charge on any atom is -0.497 e. The number of ether oxygens (including phenoxy) is 2. The summed E-state index contributed by atoms with van der Waals surface area (Å²) in [5, 5.41) is 0. The van der Waals surface area contributed by atoms with Gasteiger partial charge in [-0.25, -0.2) is 4.98 Å². The minimum absolute atomic E-state index is 0.329. The summed E-state index contributed by atoms with van der Waals surface area (Å²) in [7, 11) is 1.66. The molecule has 1 fully saturated rings. The van der Waals surface area contributed by atoms with Gasteiger partial charge in [0, 0.05) is 5.56 Å². The number of oxazole rings is 1. The first-order chi connectivity index (χ1) is 12.7. The van der Waals surface area contributed by atoms with Crippen molar-refractivity contribution in [2.75, 3.05) is 7.11 Å². The fraction of sp³-hybridized carbons (Fsp3) is 0.500. The summed E-state index contributed by atoms with van der Waals surface area (Å²) in [6.07, 6.45) is 10.8. The first kappa shape index (κ1) is 18.7. The molecule has 0 amide bonds. The average molecular weight is 355 g/mol. The number of hydrogen-bond donors (Lipinski definition) is 0. The van der Waals surface area contributed by atoms with E-state index in [1.54, 1.807) is 7.11 Å². The summed E-state index contributed by atoms with van der Waals surface area (Å²) < 4.78 is 17.3. The normalized spacial score (nSPS) is 20.6. The Labute approximate surface area is 156 Å². The van der Waals surface area contributed by atoms with Gasteiger partial charge in [-0.15, -0.1) is 0 Å². The SMILES string of the molecule is C/C=C/CC1CCCC(OCc2nc(-c3cccc(OC)c3)oc2C)C1. The molecule has 1 heterocycles. The van der Waals surface area contributed by atoms with Crippen LogP contribution in [0.3, 0.4) is 0 Å². The zero-order valence-electron chi connectivity index (χ0n) is 16.0. The van der Waals surface area contributed by atoms with Crippen molar-refractivity contribution in [2.45, 2.75) is 58.7 Å². The average Bonchev–Trinajstić information content (AvgIpc) is 3.06. The van der Waals surface area contributed by atoms with Crippen LogP contribution in [0.4, 0.5) is 0 Å². The molecule has 1 aliphatic rings. The number of nitrogens with zero attached hydrogens (tertiary/aromatic N) is 1. The quantitative estimate of drug-likeness (QED) is 0.598. The molecular formula is C22H29NO3. The molecule has 3 rings (SSSR count). The van der Waals surface area contributed by atoms with E-state index in [1.807, 2.05) is 31.2 Å². The van der Waals surface area contributed by atoms with E-state index >= 15 is 0 Å². The van der Waals surface area contributed by atoms with Crippen molar-refractivity contribution in [3.8, 4) is 17.2 Å². The van der Waals surface area contributed by atoms with Crippen LogP contribution >= 0.6 is 0 Å². The fourth-order valence-corrected chi connectivity index (χ4v) is 3.57. The third-order valence-corrected chi connectivity index (χ3v) is 5.10. The standard InChI is InChI=1S/C22H29NO3/c1-4-5-8-17-9-6-12-20(13-17)25-15-21-16(2)26-22(23-21)18-10-7-11-19(14-18)24-3/h4-5,7,10-11,14,17,20H,6,8-9,12-13,15H2,1-3H3/b5-4+. The molecule has 0 saturated heterocycles. The van der Waals surface area contributed by atoms with Crippen molar-refractivity contribution in [1.29, 1.82) is 0 Å². The summed E-state index contributed by atoms with van der Waals surface area (Å²) in [5.74, 6) is 2.99. The van der Waals surface area contributed by atoms with Gasteiger partial charge in [-0.05, 0) is 63.6 Å². The molecule has 4 heteroatoms. The van der Waals surface area contributed by atoms with Gasteiger partial charge in [0.15, 0.2) is 0 Å². The van der Waals surface area contributed by atoms with Crippen molar-refractivity contribution in [1.82, 2.24) is 4.98 Å². The van der Waals surface area contributed by atoms with Crippen LogP contribution in [0.5, 0.6) is 5.75 Å². The molecule has 26 heavy (non-hydrogen) atoms. The Bertz CT molecular complexity index is 735. The van der Waals surface area contributed by atoms with Gasteiger partial charge in [-0.1, -0.05) is 24.6 Å². The summed E-state index contributed by atoms with van der Waals surface area (Å²) in [6, 6.07) is 7.77. The van der Waals surface area contributed by atoms with E-state index in [0.29, 0.717) is 18.6 Å². The number of methoxy groups -OCH3 is 1. The topological polar surface area (TPSA) is 44.5 Å². The van der Waals surface area contributed by atoms with Gasteiger partial charge in [0.1, 0.15) is 17.2 Å². The smallest absolute Gasteiger partial charge is 0.226 e. The zero-order chi connectivity index (χ0) is 18.4. The van der Waals surface area contributed by atoms with Gasteiger partial charge in [0.05, 0.1) is 19.8 Å². The first-order valence-electron chi connectivity index (χ1n) is 9.53. The van der Waals surface area contributed by atoms with Crippen LogP contribution in [0, 0.1) is 12.8 Å². The molecule has 140 valence electrons. The Morgan fingerprint density at radius 2 is 2.19 bits per heavy atom. The monoisotopic (exact) mass is 355 g/mol. The lowest BCUT2D eigenvalue weighted by Crippen LogP contribution is -2.22. The van der Waals surface area contributed by atoms with Gasteiger partial charge < -0.3 is 13.9 Å². The van der Waals surface area contributed by atoms with E-state index in [9.17, 15) is 0 Å². The van der Waals surface area contributed by atoms with Crippen LogP contribution in [-0.2, 0) is 11.3 Å². The molecule has 0 aliphatic heterocycles. The molecule has 2 unspecified atom stereocenters. The maximum Gasteiger partial charge on any atom is 0.226 e. The second-order valence-electron chi connectivity index (χ2n) is 7.02. The zero-order valence-corrected chi connectivity index (χ0v) is 16.0. The number of allylic oxidation sites excluding steroid dienone is 2. The number of rotatable bonds is 7. The maximum absolute atomic E-state index is 6.18. The fourth-order valence-electron chi connectivity index (χ4n) is 3.57. The molecule has 0 spiro atoms. The summed E-state index contributed by atoms with van der Waals surface area (Å²) in [5.41, 5.74) is 1.81. The van der Waals surface area contributed by atoms with Crippen molar-refractivity contribution < 1.29 is 13.9 Å². The van der Waals surface area contributed by atoms with E-state index in [1.165, 1.54) is 19.3 Å². The lowest BCUT2D eigenvalue weighted by Gasteiger charge is -2.28. The lowest BCUT2D eigenvalue weighted by molar-refractivity contribution is 0.000930. The molecule has 1 aromatic carbocycles. The second-order valence-corrected chi connectivity index (χ2v) is 7.02. The van der Waals surface area contributed by atoms with Gasteiger partial charge in [-0.2, -0.15) is 0 Å². The first-order valence-corrected chi connectivity index (χ1v) is 9.53. The number of aryl methyl sites for hydroxylation is 1. The summed E-state index contributed by atoms with van der Waals surface area (Å²) in [4.78, 5) is 4.65. The van der Waals surface area contributed by atoms with Gasteiger partial charge >= 0.3 is 0 Å². The van der Waals surface area contributed by atoms with Crippen molar-refractivity contribution in [2.24, 2.45) is 5.92 Å².